The molecule has 2 aromatic carbocycles. The number of halogens is 2. The minimum atomic E-state index is -0.968. The van der Waals surface area contributed by atoms with Gasteiger partial charge in [0, 0.05) is 49.3 Å². The van der Waals surface area contributed by atoms with Crippen LogP contribution in [0.2, 0.25) is 0 Å². The molecule has 224 valence electrons. The highest BCUT2D eigenvalue weighted by Gasteiger charge is 2.26. The largest absolute Gasteiger partial charge is 0.448 e. The van der Waals surface area contributed by atoms with Crippen LogP contribution in [0, 0.1) is 11.6 Å². The monoisotopic (exact) mass is 599 g/mol. The molecule has 0 unspecified atom stereocenters. The molecule has 0 atom stereocenters. The van der Waals surface area contributed by atoms with Crippen molar-refractivity contribution in [2.24, 2.45) is 0 Å². The highest BCUT2D eigenvalue weighted by atomic mass is 19.1. The maximum Gasteiger partial charge on any atom is 0.299 e. The van der Waals surface area contributed by atoms with Crippen molar-refractivity contribution in [2.75, 3.05) is 30.8 Å². The third-order valence-corrected chi connectivity index (χ3v) is 7.36. The van der Waals surface area contributed by atoms with Gasteiger partial charge in [0.05, 0.1) is 11.9 Å². The van der Waals surface area contributed by atoms with E-state index in [0.717, 1.165) is 49.8 Å². The van der Waals surface area contributed by atoms with Crippen LogP contribution in [0.15, 0.2) is 84.6 Å². The summed E-state index contributed by atoms with van der Waals surface area (Å²) in [4.78, 5) is 37.2. The number of nitrogens with zero attached hydrogens (tertiary/aromatic N) is 5. The number of hydrogen-bond donors (Lipinski definition) is 3. The highest BCUT2D eigenvalue weighted by molar-refractivity contribution is 5.99. The number of fused-ring (bicyclic) bond motifs is 1. The standard InChI is InChI=1S/C31H28F2N8O3/c1-3-28(42)36-21-5-4-6-24(15-21)41-29-19(13-27(30(41)43)44-26-8-7-20(32)14-25(26)33)16-34-31(38-29)37-22-17-35-40(18-22)23-9-11-39(2)12-10-23/h3-8,13-18,23H,1,9-12H2,2H3,(H2,34,36,37,38,42,43)/p+1. The average molecular weight is 600 g/mol. The van der Waals surface area contributed by atoms with E-state index in [9.17, 15) is 18.4 Å². The lowest BCUT2D eigenvalue weighted by atomic mass is 10.1. The summed E-state index contributed by atoms with van der Waals surface area (Å²) in [7, 11) is 2.11. The fourth-order valence-corrected chi connectivity index (χ4v) is 5.09. The number of carbonyl (C=O) groups is 1. The Morgan fingerprint density at radius 2 is 1.95 bits per heavy atom. The molecule has 3 aromatic heterocycles. The van der Waals surface area contributed by atoms with Crippen molar-refractivity contribution in [1.29, 1.82) is 0 Å². The summed E-state index contributed by atoms with van der Waals surface area (Å²) < 4.78 is 36.9. The number of pyridine rings is 1. The van der Waals surface area contributed by atoms with Gasteiger partial charge in [0.2, 0.25) is 18.1 Å². The number of hydrogen-bond acceptors (Lipinski definition) is 7. The van der Waals surface area contributed by atoms with Crippen LogP contribution in [0.4, 0.5) is 26.1 Å². The number of H-pyrrole nitrogens is 1. The van der Waals surface area contributed by atoms with Crippen LogP contribution >= 0.6 is 0 Å². The van der Waals surface area contributed by atoms with Gasteiger partial charge in [0.15, 0.2) is 29.0 Å². The number of nitrogens with one attached hydrogen (secondary N) is 3. The number of ether oxygens (including phenoxy) is 1. The number of benzene rings is 2. The summed E-state index contributed by atoms with van der Waals surface area (Å²) in [6.07, 6.45) is 8.46. The molecule has 4 heterocycles. The van der Waals surface area contributed by atoms with Gasteiger partial charge in [-0.05, 0) is 49.5 Å². The Morgan fingerprint density at radius 3 is 2.73 bits per heavy atom. The second-order valence-electron chi connectivity index (χ2n) is 10.5. The molecule has 13 heteroatoms. The Morgan fingerprint density at radius 1 is 1.14 bits per heavy atom. The number of aromatic nitrogens is 5. The smallest absolute Gasteiger partial charge is 0.299 e. The molecule has 1 aliphatic rings. The van der Waals surface area contributed by atoms with Gasteiger partial charge < -0.3 is 20.3 Å². The van der Waals surface area contributed by atoms with Crippen molar-refractivity contribution in [3.05, 3.63) is 102 Å². The summed E-state index contributed by atoms with van der Waals surface area (Å²) in [5.41, 5.74) is 1.04. The van der Waals surface area contributed by atoms with Crippen molar-refractivity contribution in [1.82, 2.24) is 24.5 Å². The van der Waals surface area contributed by atoms with Gasteiger partial charge >= 0.3 is 0 Å². The maximum absolute atomic E-state index is 14.4. The van der Waals surface area contributed by atoms with Crippen molar-refractivity contribution in [2.45, 2.75) is 18.9 Å². The van der Waals surface area contributed by atoms with E-state index >= 15 is 0 Å². The lowest BCUT2D eigenvalue weighted by molar-refractivity contribution is -0.775. The number of amides is 1. The van der Waals surface area contributed by atoms with E-state index in [1.54, 1.807) is 24.3 Å². The van der Waals surface area contributed by atoms with E-state index < -0.39 is 23.1 Å². The van der Waals surface area contributed by atoms with E-state index in [1.165, 1.54) is 16.8 Å². The van der Waals surface area contributed by atoms with Crippen LogP contribution in [0.3, 0.4) is 0 Å². The molecule has 1 aliphatic heterocycles. The molecule has 0 radical (unpaired) electrons. The van der Waals surface area contributed by atoms with Crippen molar-refractivity contribution < 1.29 is 23.0 Å². The first-order valence-electron chi connectivity index (χ1n) is 13.9. The first-order chi connectivity index (χ1) is 21.3. The van der Waals surface area contributed by atoms with Crippen LogP contribution in [-0.4, -0.2) is 50.6 Å². The second kappa shape index (κ2) is 12.1. The molecule has 5 aromatic rings. The first-order valence-corrected chi connectivity index (χ1v) is 13.9. The van der Waals surface area contributed by atoms with E-state index in [-0.39, 0.29) is 23.1 Å². The van der Waals surface area contributed by atoms with Crippen LogP contribution in [0.5, 0.6) is 11.5 Å². The molecule has 11 nitrogen and oxygen atoms in total. The predicted molar refractivity (Wildman–Crippen MR) is 160 cm³/mol. The Labute approximate surface area is 250 Å². The Balaban J connectivity index is 1.40. The van der Waals surface area contributed by atoms with Gasteiger partial charge in [-0.2, -0.15) is 10.1 Å². The molecule has 0 spiro atoms. The SMILES string of the molecule is C=CC(=O)Nc1cccc(-n2c(=O)c(Oc3ccc(F)cc3F)cc3cnc(Nc4c[nH][n+](C5CCN(C)CC5)c4)nc32)c1. The van der Waals surface area contributed by atoms with Crippen LogP contribution in [0.25, 0.3) is 16.7 Å². The number of likely N-dealkylation sites (tertiary alicyclic amines) is 1. The van der Waals surface area contributed by atoms with Gasteiger partial charge in [-0.3, -0.25) is 14.2 Å². The van der Waals surface area contributed by atoms with Crippen molar-refractivity contribution in [3.63, 3.8) is 0 Å². The zero-order chi connectivity index (χ0) is 30.8. The summed E-state index contributed by atoms with van der Waals surface area (Å²) >= 11 is 0. The molecule has 0 saturated carbocycles. The van der Waals surface area contributed by atoms with E-state index in [2.05, 4.69) is 48.9 Å². The quantitative estimate of drug-likeness (QED) is 0.176. The third-order valence-electron chi connectivity index (χ3n) is 7.36. The maximum atomic E-state index is 14.4. The van der Waals surface area contributed by atoms with Crippen LogP contribution < -0.4 is 25.6 Å². The summed E-state index contributed by atoms with van der Waals surface area (Å²) in [5.74, 6) is -2.51. The third kappa shape index (κ3) is 6.03. The number of piperidine rings is 1. The molecule has 44 heavy (non-hydrogen) atoms. The molecule has 1 fully saturated rings. The van der Waals surface area contributed by atoms with Crippen LogP contribution in [0.1, 0.15) is 18.9 Å². The predicted octanol–water partition coefficient (Wildman–Crippen LogP) is 4.60. The van der Waals surface area contributed by atoms with Gasteiger partial charge in [-0.1, -0.05) is 12.6 Å². The van der Waals surface area contributed by atoms with Crippen LogP contribution in [-0.2, 0) is 4.79 Å². The topological polar surface area (TPSA) is 121 Å². The normalized spacial score (nSPS) is 14.0. The number of carbonyl (C=O) groups excluding carboxylic acids is 1. The minimum Gasteiger partial charge on any atom is -0.448 e. The molecule has 3 N–H and O–H groups in total. The molecule has 6 rings (SSSR count). The second-order valence-corrected chi connectivity index (χ2v) is 10.5. The molecule has 1 saturated heterocycles. The molecule has 0 aliphatic carbocycles. The Bertz CT molecular complexity index is 1930. The van der Waals surface area contributed by atoms with Gasteiger partial charge in [0.25, 0.3) is 5.56 Å². The molecular weight excluding hydrogens is 570 g/mol. The number of anilines is 3. The number of rotatable bonds is 8. The molecule has 1 amide bonds. The van der Waals surface area contributed by atoms with Crippen molar-refractivity contribution >= 4 is 34.3 Å². The first kappa shape index (κ1) is 28.7. The lowest BCUT2D eigenvalue weighted by Crippen LogP contribution is -2.46. The Hall–Kier alpha value is -5.43. The average Bonchev–Trinajstić information content (AvgIpc) is 3.48. The van der Waals surface area contributed by atoms with Gasteiger partial charge in [0.1, 0.15) is 11.5 Å². The lowest BCUT2D eigenvalue weighted by Gasteiger charge is -2.24. The minimum absolute atomic E-state index is 0.227. The van der Waals surface area contributed by atoms with E-state index in [4.69, 9.17) is 4.74 Å². The fraction of sp³-hybridized carbons (Fsp3) is 0.194. The van der Waals surface area contributed by atoms with Crippen molar-refractivity contribution in [3.8, 4) is 17.2 Å². The zero-order valence-electron chi connectivity index (χ0n) is 23.8. The zero-order valence-corrected chi connectivity index (χ0v) is 23.8. The van der Waals surface area contributed by atoms with E-state index in [1.807, 2.05) is 12.4 Å². The summed E-state index contributed by atoms with van der Waals surface area (Å²) in [5, 5.41) is 9.54. The molecule has 0 bridgehead atoms. The molecular formula is C31H29F2N8O3+. The van der Waals surface area contributed by atoms with Gasteiger partial charge in [-0.25, -0.2) is 13.8 Å². The van der Waals surface area contributed by atoms with E-state index in [0.29, 0.717) is 28.9 Å². The fourth-order valence-electron chi connectivity index (χ4n) is 5.09. The summed E-state index contributed by atoms with van der Waals surface area (Å²) in [6, 6.07) is 11.1. The summed E-state index contributed by atoms with van der Waals surface area (Å²) in [6.45, 7) is 5.50. The number of aromatic amines is 1. The highest BCUT2D eigenvalue weighted by Crippen LogP contribution is 2.27. The Kier molecular flexibility index (Phi) is 7.85. The van der Waals surface area contributed by atoms with Gasteiger partial charge in [-0.15, -0.1) is 4.68 Å².